The minimum absolute atomic E-state index is 0.0814. The molecule has 0 aliphatic carbocycles. The van der Waals surface area contributed by atoms with Crippen molar-refractivity contribution in [3.8, 4) is 0 Å². The maximum Gasteiger partial charge on any atom is 0.312 e. The van der Waals surface area contributed by atoms with E-state index in [1.165, 1.54) is 7.11 Å². The van der Waals surface area contributed by atoms with E-state index in [9.17, 15) is 18.3 Å². The molecule has 0 aliphatic heterocycles. The molecular formula is C13H19NO5S. The zero-order valence-electron chi connectivity index (χ0n) is 11.3. The number of hydrogen-bond donors (Lipinski definition) is 2. The molecule has 1 unspecified atom stereocenters. The number of aliphatic carboxylic acids is 1. The molecule has 1 rings (SSSR count). The Bertz CT molecular complexity index is 515. The molecule has 1 aromatic rings. The summed E-state index contributed by atoms with van der Waals surface area (Å²) in [7, 11) is -1.99. The van der Waals surface area contributed by atoms with Crippen molar-refractivity contribution in [2.24, 2.45) is 0 Å². The number of methoxy groups -OCH3 is 1. The SMILES string of the molecule is COCCCS(=O)(=O)NCC(C(=O)O)c1ccccc1. The summed E-state index contributed by atoms with van der Waals surface area (Å²) in [6, 6.07) is 8.55. The highest BCUT2D eigenvalue weighted by atomic mass is 32.2. The summed E-state index contributed by atoms with van der Waals surface area (Å²) in [6.07, 6.45) is 0.370. The number of carbonyl (C=O) groups is 1. The smallest absolute Gasteiger partial charge is 0.312 e. The molecule has 7 heteroatoms. The zero-order chi connectivity index (χ0) is 15.0. The van der Waals surface area contributed by atoms with Gasteiger partial charge in [0.05, 0.1) is 11.7 Å². The second-order valence-electron chi connectivity index (χ2n) is 4.32. The van der Waals surface area contributed by atoms with E-state index < -0.39 is 21.9 Å². The van der Waals surface area contributed by atoms with Gasteiger partial charge in [0.1, 0.15) is 0 Å². The molecule has 6 nitrogen and oxygen atoms in total. The summed E-state index contributed by atoms with van der Waals surface area (Å²) < 4.78 is 30.5. The van der Waals surface area contributed by atoms with Gasteiger partial charge < -0.3 is 9.84 Å². The molecule has 0 bridgehead atoms. The summed E-state index contributed by atoms with van der Waals surface area (Å²) in [5.41, 5.74) is 0.569. The molecule has 0 saturated carbocycles. The van der Waals surface area contributed by atoms with Crippen molar-refractivity contribution in [1.82, 2.24) is 4.72 Å². The number of hydrogen-bond acceptors (Lipinski definition) is 4. The molecule has 20 heavy (non-hydrogen) atoms. The van der Waals surface area contributed by atoms with Gasteiger partial charge in [0.15, 0.2) is 0 Å². The Balaban J connectivity index is 2.62. The van der Waals surface area contributed by atoms with Crippen molar-refractivity contribution in [2.75, 3.05) is 26.0 Å². The Morgan fingerprint density at radius 3 is 2.55 bits per heavy atom. The molecule has 0 saturated heterocycles. The lowest BCUT2D eigenvalue weighted by atomic mass is 10.00. The van der Waals surface area contributed by atoms with E-state index in [-0.39, 0.29) is 12.3 Å². The van der Waals surface area contributed by atoms with Crippen LogP contribution in [0.15, 0.2) is 30.3 Å². The Morgan fingerprint density at radius 1 is 1.35 bits per heavy atom. The van der Waals surface area contributed by atoms with Crippen LogP contribution in [0.3, 0.4) is 0 Å². The van der Waals surface area contributed by atoms with Crippen molar-refractivity contribution in [2.45, 2.75) is 12.3 Å². The molecule has 1 aromatic carbocycles. The van der Waals surface area contributed by atoms with Crippen LogP contribution in [0.5, 0.6) is 0 Å². The van der Waals surface area contributed by atoms with Gasteiger partial charge in [-0.25, -0.2) is 13.1 Å². The largest absolute Gasteiger partial charge is 0.481 e. The van der Waals surface area contributed by atoms with E-state index >= 15 is 0 Å². The number of ether oxygens (including phenoxy) is 1. The van der Waals surface area contributed by atoms with Crippen LogP contribution < -0.4 is 4.72 Å². The van der Waals surface area contributed by atoms with Crippen LogP contribution >= 0.6 is 0 Å². The van der Waals surface area contributed by atoms with Crippen LogP contribution in [0.4, 0.5) is 0 Å². The number of carboxylic acid groups (broad SMARTS) is 1. The molecule has 0 aliphatic rings. The molecule has 112 valence electrons. The van der Waals surface area contributed by atoms with Gasteiger partial charge in [-0.15, -0.1) is 0 Å². The minimum atomic E-state index is -3.48. The fraction of sp³-hybridized carbons (Fsp3) is 0.462. The normalized spacial score (nSPS) is 13.1. The van der Waals surface area contributed by atoms with E-state index in [1.54, 1.807) is 30.3 Å². The van der Waals surface area contributed by atoms with Gasteiger partial charge in [0, 0.05) is 20.3 Å². The highest BCUT2D eigenvalue weighted by Gasteiger charge is 2.22. The van der Waals surface area contributed by atoms with Crippen LogP contribution in [0.25, 0.3) is 0 Å². The third-order valence-corrected chi connectivity index (χ3v) is 4.20. The summed E-state index contributed by atoms with van der Waals surface area (Å²) in [5.74, 6) is -2.04. The van der Waals surface area contributed by atoms with Crippen LogP contribution in [0.1, 0.15) is 17.9 Å². The average Bonchev–Trinajstić information content (AvgIpc) is 2.40. The highest BCUT2D eigenvalue weighted by Crippen LogP contribution is 2.15. The standard InChI is InChI=1S/C13H19NO5S/c1-19-8-5-9-20(17,18)14-10-12(13(15)16)11-6-3-2-4-7-11/h2-4,6-7,12,14H,5,8-10H2,1H3,(H,15,16). The van der Waals surface area contributed by atoms with Gasteiger partial charge >= 0.3 is 5.97 Å². The first-order valence-electron chi connectivity index (χ1n) is 6.20. The van der Waals surface area contributed by atoms with E-state index in [4.69, 9.17) is 4.74 Å². The molecule has 1 atom stereocenters. The Hall–Kier alpha value is -1.44. The number of carboxylic acids is 1. The molecule has 0 radical (unpaired) electrons. The lowest BCUT2D eigenvalue weighted by molar-refractivity contribution is -0.138. The van der Waals surface area contributed by atoms with Gasteiger partial charge in [-0.05, 0) is 12.0 Å². The van der Waals surface area contributed by atoms with Crippen LogP contribution in [-0.4, -0.2) is 45.5 Å². The number of nitrogens with one attached hydrogen (secondary N) is 1. The third-order valence-electron chi connectivity index (χ3n) is 2.77. The molecular weight excluding hydrogens is 282 g/mol. The predicted molar refractivity (Wildman–Crippen MR) is 75.1 cm³/mol. The molecule has 0 aromatic heterocycles. The van der Waals surface area contributed by atoms with Gasteiger partial charge in [0.25, 0.3) is 0 Å². The second kappa shape index (κ2) is 7.98. The van der Waals surface area contributed by atoms with Crippen LogP contribution in [0, 0.1) is 0 Å². The third kappa shape index (κ3) is 5.68. The summed E-state index contributed by atoms with van der Waals surface area (Å²) >= 11 is 0. The van der Waals surface area contributed by atoms with Crippen LogP contribution in [0.2, 0.25) is 0 Å². The molecule has 2 N–H and O–H groups in total. The molecule has 0 fully saturated rings. The van der Waals surface area contributed by atoms with E-state index in [2.05, 4.69) is 4.72 Å². The van der Waals surface area contributed by atoms with E-state index in [0.29, 0.717) is 18.6 Å². The summed E-state index contributed by atoms with van der Waals surface area (Å²) in [4.78, 5) is 11.2. The van der Waals surface area contributed by atoms with Crippen LogP contribution in [-0.2, 0) is 19.6 Å². The lowest BCUT2D eigenvalue weighted by Gasteiger charge is -2.14. The van der Waals surface area contributed by atoms with Crippen molar-refractivity contribution in [3.05, 3.63) is 35.9 Å². The van der Waals surface area contributed by atoms with Crippen molar-refractivity contribution in [3.63, 3.8) is 0 Å². The Morgan fingerprint density at radius 2 is 2.00 bits per heavy atom. The van der Waals surface area contributed by atoms with Gasteiger partial charge in [-0.3, -0.25) is 4.79 Å². The van der Waals surface area contributed by atoms with E-state index in [1.807, 2.05) is 0 Å². The van der Waals surface area contributed by atoms with Gasteiger partial charge in [-0.2, -0.15) is 0 Å². The fourth-order valence-electron chi connectivity index (χ4n) is 1.71. The maximum atomic E-state index is 11.7. The maximum absolute atomic E-state index is 11.7. The fourth-order valence-corrected chi connectivity index (χ4v) is 2.77. The van der Waals surface area contributed by atoms with Crippen molar-refractivity contribution < 1.29 is 23.1 Å². The number of rotatable bonds is 9. The Labute approximate surface area is 118 Å². The minimum Gasteiger partial charge on any atom is -0.481 e. The van der Waals surface area contributed by atoms with Gasteiger partial charge in [-0.1, -0.05) is 30.3 Å². The summed E-state index contributed by atoms with van der Waals surface area (Å²) in [5, 5.41) is 9.18. The van der Waals surface area contributed by atoms with Gasteiger partial charge in [0.2, 0.25) is 10.0 Å². The second-order valence-corrected chi connectivity index (χ2v) is 6.24. The highest BCUT2D eigenvalue weighted by molar-refractivity contribution is 7.89. The average molecular weight is 301 g/mol. The molecule has 0 heterocycles. The topological polar surface area (TPSA) is 92.7 Å². The zero-order valence-corrected chi connectivity index (χ0v) is 12.1. The first-order valence-corrected chi connectivity index (χ1v) is 7.85. The predicted octanol–water partition coefficient (Wildman–Crippen LogP) is 0.811. The Kier molecular flexibility index (Phi) is 6.63. The molecule has 0 spiro atoms. The quantitative estimate of drug-likeness (QED) is 0.658. The lowest BCUT2D eigenvalue weighted by Crippen LogP contribution is -2.33. The van der Waals surface area contributed by atoms with Crippen molar-refractivity contribution in [1.29, 1.82) is 0 Å². The monoisotopic (exact) mass is 301 g/mol. The first-order chi connectivity index (χ1) is 9.46. The van der Waals surface area contributed by atoms with E-state index in [0.717, 1.165) is 0 Å². The van der Waals surface area contributed by atoms with Crippen molar-refractivity contribution >= 4 is 16.0 Å². The first kappa shape index (κ1) is 16.6. The number of sulfonamides is 1. The molecule has 0 amide bonds. The number of benzene rings is 1. The summed E-state index contributed by atoms with van der Waals surface area (Å²) in [6.45, 7) is 0.191.